The SMILES string of the molecule is Cc1cc(F)c(Br)cc1NC(=O)c1ccccc1CCN. The first-order chi connectivity index (χ1) is 10.0. The van der Waals surface area contributed by atoms with Crippen molar-refractivity contribution in [2.24, 2.45) is 5.73 Å². The van der Waals surface area contributed by atoms with E-state index >= 15 is 0 Å². The Bertz CT molecular complexity index is 673. The van der Waals surface area contributed by atoms with Crippen LogP contribution in [-0.2, 0) is 6.42 Å². The smallest absolute Gasteiger partial charge is 0.255 e. The van der Waals surface area contributed by atoms with Crippen molar-refractivity contribution in [3.63, 3.8) is 0 Å². The van der Waals surface area contributed by atoms with Gasteiger partial charge in [0.05, 0.1) is 4.47 Å². The van der Waals surface area contributed by atoms with E-state index in [1.807, 2.05) is 18.2 Å². The van der Waals surface area contributed by atoms with Crippen molar-refractivity contribution in [2.45, 2.75) is 13.3 Å². The number of hydrogen-bond acceptors (Lipinski definition) is 2. The third kappa shape index (κ3) is 3.68. The maximum absolute atomic E-state index is 13.4. The maximum atomic E-state index is 13.4. The summed E-state index contributed by atoms with van der Waals surface area (Å²) >= 11 is 3.12. The molecule has 2 aromatic rings. The molecule has 2 rings (SSSR count). The van der Waals surface area contributed by atoms with Crippen LogP contribution in [0.1, 0.15) is 21.5 Å². The molecule has 0 bridgehead atoms. The quantitative estimate of drug-likeness (QED) is 0.884. The summed E-state index contributed by atoms with van der Waals surface area (Å²) in [6.07, 6.45) is 0.635. The van der Waals surface area contributed by atoms with Crippen molar-refractivity contribution in [1.82, 2.24) is 0 Å². The molecule has 0 aromatic heterocycles. The molecular weight excluding hydrogens is 335 g/mol. The number of hydrogen-bond donors (Lipinski definition) is 2. The van der Waals surface area contributed by atoms with Gasteiger partial charge in [0.1, 0.15) is 5.82 Å². The second-order valence-corrected chi connectivity index (χ2v) is 5.59. The second kappa shape index (κ2) is 6.83. The zero-order valence-electron chi connectivity index (χ0n) is 11.6. The zero-order chi connectivity index (χ0) is 15.4. The summed E-state index contributed by atoms with van der Waals surface area (Å²) in [5.74, 6) is -0.574. The normalized spacial score (nSPS) is 10.5. The molecule has 3 N–H and O–H groups in total. The van der Waals surface area contributed by atoms with E-state index in [9.17, 15) is 9.18 Å². The van der Waals surface area contributed by atoms with Crippen LogP contribution < -0.4 is 11.1 Å². The number of amides is 1. The van der Waals surface area contributed by atoms with Gasteiger partial charge in [-0.1, -0.05) is 18.2 Å². The van der Waals surface area contributed by atoms with E-state index in [-0.39, 0.29) is 11.7 Å². The number of rotatable bonds is 4. The van der Waals surface area contributed by atoms with Gasteiger partial charge in [0.25, 0.3) is 5.91 Å². The molecule has 0 atom stereocenters. The lowest BCUT2D eigenvalue weighted by atomic mass is 10.0. The number of nitrogens with two attached hydrogens (primary N) is 1. The van der Waals surface area contributed by atoms with Crippen LogP contribution in [0.3, 0.4) is 0 Å². The molecule has 110 valence electrons. The van der Waals surface area contributed by atoms with E-state index in [1.54, 1.807) is 19.1 Å². The van der Waals surface area contributed by atoms with Gasteiger partial charge in [-0.3, -0.25) is 4.79 Å². The molecule has 0 aliphatic rings. The highest BCUT2D eigenvalue weighted by molar-refractivity contribution is 9.10. The molecule has 0 saturated heterocycles. The van der Waals surface area contributed by atoms with Crippen LogP contribution >= 0.6 is 15.9 Å². The van der Waals surface area contributed by atoms with Crippen LogP contribution in [0.4, 0.5) is 10.1 Å². The number of aryl methyl sites for hydroxylation is 1. The molecule has 0 saturated carbocycles. The van der Waals surface area contributed by atoms with Crippen molar-refractivity contribution in [2.75, 3.05) is 11.9 Å². The average Bonchev–Trinajstić information content (AvgIpc) is 2.45. The molecule has 21 heavy (non-hydrogen) atoms. The van der Waals surface area contributed by atoms with E-state index < -0.39 is 0 Å². The molecule has 0 fully saturated rings. The first-order valence-corrected chi connectivity index (χ1v) is 7.37. The van der Waals surface area contributed by atoms with E-state index in [0.29, 0.717) is 34.3 Å². The molecule has 0 aliphatic heterocycles. The molecule has 0 spiro atoms. The van der Waals surface area contributed by atoms with E-state index in [2.05, 4.69) is 21.2 Å². The van der Waals surface area contributed by atoms with Gasteiger partial charge < -0.3 is 11.1 Å². The van der Waals surface area contributed by atoms with Crippen LogP contribution in [0, 0.1) is 12.7 Å². The van der Waals surface area contributed by atoms with E-state index in [1.165, 1.54) is 6.07 Å². The third-order valence-corrected chi connectivity index (χ3v) is 3.80. The fraction of sp³-hybridized carbons (Fsp3) is 0.188. The fourth-order valence-electron chi connectivity index (χ4n) is 2.09. The van der Waals surface area contributed by atoms with Crippen molar-refractivity contribution >= 4 is 27.5 Å². The van der Waals surface area contributed by atoms with Gasteiger partial charge >= 0.3 is 0 Å². The zero-order valence-corrected chi connectivity index (χ0v) is 13.2. The highest BCUT2D eigenvalue weighted by Gasteiger charge is 2.13. The highest BCUT2D eigenvalue weighted by atomic mass is 79.9. The van der Waals surface area contributed by atoms with E-state index in [0.717, 1.165) is 5.56 Å². The fourth-order valence-corrected chi connectivity index (χ4v) is 2.43. The molecule has 3 nitrogen and oxygen atoms in total. The topological polar surface area (TPSA) is 55.1 Å². The average molecular weight is 351 g/mol. The lowest BCUT2D eigenvalue weighted by Gasteiger charge is -2.12. The van der Waals surface area contributed by atoms with E-state index in [4.69, 9.17) is 5.73 Å². The maximum Gasteiger partial charge on any atom is 0.255 e. The molecule has 0 unspecified atom stereocenters. The van der Waals surface area contributed by atoms with Gasteiger partial charge in [-0.2, -0.15) is 0 Å². The predicted molar refractivity (Wildman–Crippen MR) is 86.0 cm³/mol. The Morgan fingerprint density at radius 1 is 1.33 bits per heavy atom. The Hall–Kier alpha value is -1.72. The monoisotopic (exact) mass is 350 g/mol. The molecule has 0 heterocycles. The number of carbonyl (C=O) groups excluding carboxylic acids is 1. The number of carbonyl (C=O) groups is 1. The molecule has 1 amide bonds. The summed E-state index contributed by atoms with van der Waals surface area (Å²) < 4.78 is 13.7. The summed E-state index contributed by atoms with van der Waals surface area (Å²) in [6.45, 7) is 2.22. The number of anilines is 1. The van der Waals surface area contributed by atoms with Crippen molar-refractivity contribution in [3.8, 4) is 0 Å². The molecule has 5 heteroatoms. The summed E-state index contributed by atoms with van der Waals surface area (Å²) in [7, 11) is 0. The number of nitrogens with one attached hydrogen (secondary N) is 1. The summed E-state index contributed by atoms with van der Waals surface area (Å²) in [5, 5.41) is 2.82. The lowest BCUT2D eigenvalue weighted by Crippen LogP contribution is -2.16. The minimum absolute atomic E-state index is 0.222. The highest BCUT2D eigenvalue weighted by Crippen LogP contribution is 2.25. The van der Waals surface area contributed by atoms with Gasteiger partial charge in [0, 0.05) is 11.3 Å². The van der Waals surface area contributed by atoms with Gasteiger partial charge in [-0.25, -0.2) is 4.39 Å². The lowest BCUT2D eigenvalue weighted by molar-refractivity contribution is 0.102. The third-order valence-electron chi connectivity index (χ3n) is 3.19. The Morgan fingerprint density at radius 2 is 2.05 bits per heavy atom. The predicted octanol–water partition coefficient (Wildman–Crippen LogP) is 3.65. The number of benzene rings is 2. The van der Waals surface area contributed by atoms with Gasteiger partial charge in [0.2, 0.25) is 0 Å². The van der Waals surface area contributed by atoms with Crippen LogP contribution in [0.2, 0.25) is 0 Å². The van der Waals surface area contributed by atoms with Gasteiger partial charge in [-0.05, 0) is 65.1 Å². The summed E-state index contributed by atoms with van der Waals surface area (Å²) in [6, 6.07) is 10.3. The number of halogens is 2. The molecule has 0 radical (unpaired) electrons. The largest absolute Gasteiger partial charge is 0.330 e. The van der Waals surface area contributed by atoms with Gasteiger partial charge in [-0.15, -0.1) is 0 Å². The standard InChI is InChI=1S/C16H16BrFN2O/c1-10-8-14(18)13(17)9-15(10)20-16(21)12-5-3-2-4-11(12)6-7-19/h2-5,8-9H,6-7,19H2,1H3,(H,20,21). The van der Waals surface area contributed by atoms with Crippen molar-refractivity contribution in [3.05, 3.63) is 63.4 Å². The minimum Gasteiger partial charge on any atom is -0.330 e. The molecule has 2 aromatic carbocycles. The molecule has 0 aliphatic carbocycles. The van der Waals surface area contributed by atoms with Crippen molar-refractivity contribution in [1.29, 1.82) is 0 Å². The Balaban J connectivity index is 2.28. The van der Waals surface area contributed by atoms with Gasteiger partial charge in [0.15, 0.2) is 0 Å². The summed E-state index contributed by atoms with van der Waals surface area (Å²) in [5.41, 5.74) is 8.29. The first-order valence-electron chi connectivity index (χ1n) is 6.58. The van der Waals surface area contributed by atoms with Crippen molar-refractivity contribution < 1.29 is 9.18 Å². The first kappa shape index (κ1) is 15.7. The van der Waals surface area contributed by atoms with Crippen LogP contribution in [0.25, 0.3) is 0 Å². The Kier molecular flexibility index (Phi) is 5.09. The Morgan fingerprint density at radius 3 is 2.76 bits per heavy atom. The van der Waals surface area contributed by atoms with Crippen LogP contribution in [0.15, 0.2) is 40.9 Å². The van der Waals surface area contributed by atoms with Crippen LogP contribution in [0.5, 0.6) is 0 Å². The Labute approximate surface area is 131 Å². The van der Waals surface area contributed by atoms with Crippen LogP contribution in [-0.4, -0.2) is 12.5 Å². The summed E-state index contributed by atoms with van der Waals surface area (Å²) in [4.78, 5) is 12.4. The minimum atomic E-state index is -0.353. The molecular formula is C16H16BrFN2O. The second-order valence-electron chi connectivity index (χ2n) is 4.73.